The monoisotopic (exact) mass is 561 g/mol. The van der Waals surface area contributed by atoms with Gasteiger partial charge in [0.25, 0.3) is 11.8 Å². The summed E-state index contributed by atoms with van der Waals surface area (Å²) in [7, 11) is 3.86. The van der Waals surface area contributed by atoms with Crippen LogP contribution in [0.3, 0.4) is 0 Å². The molecule has 0 aliphatic rings. The minimum Gasteiger partial charge on any atom is -0.457 e. The van der Waals surface area contributed by atoms with E-state index in [-0.39, 0.29) is 33.2 Å². The van der Waals surface area contributed by atoms with Crippen LogP contribution in [0, 0.1) is 12.3 Å². The number of nitrogens with one attached hydrogen (secondary N) is 2. The Kier molecular flexibility index (Phi) is 9.30. The van der Waals surface area contributed by atoms with E-state index in [0.29, 0.717) is 18.7 Å². The molecule has 2 N–H and O–H groups in total. The molecule has 0 bridgehead atoms. The molecule has 0 atom stereocenters. The highest BCUT2D eigenvalue weighted by molar-refractivity contribution is 6.33. The van der Waals surface area contributed by atoms with Crippen molar-refractivity contribution in [2.45, 2.75) is 26.9 Å². The van der Waals surface area contributed by atoms with Gasteiger partial charge in [-0.3, -0.25) is 9.59 Å². The lowest BCUT2D eigenvalue weighted by molar-refractivity contribution is -0.137. The van der Waals surface area contributed by atoms with Crippen molar-refractivity contribution >= 4 is 29.5 Å². The first-order valence-electron chi connectivity index (χ1n) is 12.1. The molecule has 0 saturated carbocycles. The van der Waals surface area contributed by atoms with E-state index in [0.717, 1.165) is 23.8 Å². The predicted molar refractivity (Wildman–Crippen MR) is 146 cm³/mol. The van der Waals surface area contributed by atoms with Gasteiger partial charge in [0, 0.05) is 30.3 Å². The van der Waals surface area contributed by atoms with E-state index in [1.165, 1.54) is 18.2 Å². The number of alkyl halides is 3. The van der Waals surface area contributed by atoms with Gasteiger partial charge in [0.15, 0.2) is 0 Å². The number of aryl methyl sites for hydroxylation is 1. The zero-order valence-corrected chi connectivity index (χ0v) is 23.1. The molecule has 0 spiro atoms. The molecular weight excluding hydrogens is 531 g/mol. The van der Waals surface area contributed by atoms with Crippen LogP contribution in [0.15, 0.2) is 64.7 Å². The topological polar surface area (TPSA) is 74.6 Å². The normalized spacial score (nSPS) is 12.5. The number of furan rings is 1. The lowest BCUT2D eigenvalue weighted by Crippen LogP contribution is -2.42. The maximum atomic E-state index is 13.2. The lowest BCUT2D eigenvalue weighted by Gasteiger charge is -2.28. The van der Waals surface area contributed by atoms with E-state index in [1.54, 1.807) is 24.3 Å². The molecule has 208 valence electrons. The quantitative estimate of drug-likeness (QED) is 0.296. The maximum Gasteiger partial charge on any atom is 0.416 e. The Morgan fingerprint density at radius 1 is 1.03 bits per heavy atom. The average Bonchev–Trinajstić information content (AvgIpc) is 3.29. The van der Waals surface area contributed by atoms with Crippen molar-refractivity contribution in [1.82, 2.24) is 15.5 Å². The summed E-state index contributed by atoms with van der Waals surface area (Å²) in [6.07, 6.45) is -3.23. The van der Waals surface area contributed by atoms with Gasteiger partial charge in [-0.25, -0.2) is 0 Å². The Morgan fingerprint density at radius 3 is 2.31 bits per heavy atom. The first kappa shape index (κ1) is 30.0. The first-order chi connectivity index (χ1) is 18.1. The molecule has 0 saturated heterocycles. The molecule has 2 aromatic carbocycles. The van der Waals surface area contributed by atoms with Crippen LogP contribution in [0.5, 0.6) is 0 Å². The number of halogens is 4. The fourth-order valence-corrected chi connectivity index (χ4v) is 4.20. The molecule has 1 heterocycles. The minimum absolute atomic E-state index is 0.0475. The van der Waals surface area contributed by atoms with E-state index in [4.69, 9.17) is 16.0 Å². The van der Waals surface area contributed by atoms with Gasteiger partial charge < -0.3 is 20.0 Å². The number of carbonyl (C=O) groups is 2. The molecule has 10 heteroatoms. The summed E-state index contributed by atoms with van der Waals surface area (Å²) < 4.78 is 45.4. The van der Waals surface area contributed by atoms with Crippen LogP contribution in [0.4, 0.5) is 13.2 Å². The van der Waals surface area contributed by atoms with Crippen molar-refractivity contribution in [3.8, 4) is 11.3 Å². The highest BCUT2D eigenvalue weighted by Gasteiger charge is 2.31. The SMILES string of the molecule is Cc1ccc(C(=O)NC(=Cc2ccc(-c3cc(C(F)(F)F)ccc3Cl)o2)C(=O)NCC(C)(C)CN(C)C)cc1. The number of hydrogen-bond donors (Lipinski definition) is 2. The van der Waals surface area contributed by atoms with Crippen molar-refractivity contribution in [3.05, 3.63) is 87.8 Å². The number of nitrogens with zero attached hydrogens (tertiary/aromatic N) is 1. The summed E-state index contributed by atoms with van der Waals surface area (Å²) in [4.78, 5) is 28.1. The second-order valence-corrected chi connectivity index (χ2v) is 10.8. The molecule has 2 amide bonds. The third kappa shape index (κ3) is 8.46. The van der Waals surface area contributed by atoms with Gasteiger partial charge in [0.2, 0.25) is 0 Å². The van der Waals surface area contributed by atoms with E-state index in [2.05, 4.69) is 10.6 Å². The van der Waals surface area contributed by atoms with Crippen molar-refractivity contribution in [1.29, 1.82) is 0 Å². The predicted octanol–water partition coefficient (Wildman–Crippen LogP) is 6.40. The van der Waals surface area contributed by atoms with Crippen LogP contribution in [0.2, 0.25) is 5.02 Å². The summed E-state index contributed by atoms with van der Waals surface area (Å²) >= 11 is 6.15. The van der Waals surface area contributed by atoms with Crippen molar-refractivity contribution in [2.24, 2.45) is 5.41 Å². The Morgan fingerprint density at radius 2 is 1.69 bits per heavy atom. The molecular formula is C29H31ClF3N3O3. The van der Waals surface area contributed by atoms with Crippen LogP contribution < -0.4 is 10.6 Å². The highest BCUT2D eigenvalue weighted by Crippen LogP contribution is 2.36. The Labute approximate surface area is 230 Å². The van der Waals surface area contributed by atoms with Gasteiger partial charge in [-0.2, -0.15) is 13.2 Å². The zero-order valence-electron chi connectivity index (χ0n) is 22.4. The van der Waals surface area contributed by atoms with Crippen LogP contribution in [0.1, 0.15) is 41.1 Å². The van der Waals surface area contributed by atoms with E-state index in [1.807, 2.05) is 39.8 Å². The van der Waals surface area contributed by atoms with E-state index < -0.39 is 23.6 Å². The van der Waals surface area contributed by atoms with Gasteiger partial charge in [-0.05, 0) is 68.9 Å². The van der Waals surface area contributed by atoms with E-state index in [9.17, 15) is 22.8 Å². The second kappa shape index (κ2) is 12.1. The molecule has 0 fully saturated rings. The molecule has 0 radical (unpaired) electrons. The van der Waals surface area contributed by atoms with Gasteiger partial charge in [0.1, 0.15) is 17.2 Å². The number of benzene rings is 2. The first-order valence-corrected chi connectivity index (χ1v) is 12.5. The van der Waals surface area contributed by atoms with Gasteiger partial charge in [-0.15, -0.1) is 0 Å². The van der Waals surface area contributed by atoms with E-state index >= 15 is 0 Å². The molecule has 39 heavy (non-hydrogen) atoms. The molecule has 3 rings (SSSR count). The Hall–Kier alpha value is -3.56. The van der Waals surface area contributed by atoms with Gasteiger partial charge in [0.05, 0.1) is 10.6 Å². The second-order valence-electron chi connectivity index (χ2n) is 10.4. The third-order valence-corrected chi connectivity index (χ3v) is 6.08. The van der Waals surface area contributed by atoms with Crippen molar-refractivity contribution < 1.29 is 27.2 Å². The van der Waals surface area contributed by atoms with Crippen molar-refractivity contribution in [3.63, 3.8) is 0 Å². The largest absolute Gasteiger partial charge is 0.457 e. The summed E-state index contributed by atoms with van der Waals surface area (Å²) in [6.45, 7) is 6.92. The standard InChI is InChI=1S/C29H31ClF3N3O3/c1-18-6-8-19(9-7-18)26(37)35-24(27(38)34-16-28(2,3)17-36(4)5)15-21-11-13-25(39-21)22-14-20(29(31,32)33)10-12-23(22)30/h6-15H,16-17H2,1-5H3,(H,34,38)(H,35,37). The highest BCUT2D eigenvalue weighted by atomic mass is 35.5. The number of amides is 2. The Balaban J connectivity index is 1.92. The number of carbonyl (C=O) groups excluding carboxylic acids is 2. The molecule has 3 aromatic rings. The summed E-state index contributed by atoms with van der Waals surface area (Å²) in [5.41, 5.74) is 0.149. The molecule has 0 aliphatic carbocycles. The fourth-order valence-electron chi connectivity index (χ4n) is 3.99. The number of hydrogen-bond acceptors (Lipinski definition) is 4. The average molecular weight is 562 g/mol. The molecule has 1 aromatic heterocycles. The fraction of sp³-hybridized carbons (Fsp3) is 0.310. The van der Waals surface area contributed by atoms with Crippen LogP contribution >= 0.6 is 11.6 Å². The van der Waals surface area contributed by atoms with Crippen molar-refractivity contribution in [2.75, 3.05) is 27.2 Å². The number of rotatable bonds is 9. The minimum atomic E-state index is -4.56. The van der Waals surface area contributed by atoms with Gasteiger partial charge >= 0.3 is 6.18 Å². The smallest absolute Gasteiger partial charge is 0.416 e. The van der Waals surface area contributed by atoms with Gasteiger partial charge in [-0.1, -0.05) is 43.1 Å². The third-order valence-electron chi connectivity index (χ3n) is 5.75. The van der Waals surface area contributed by atoms with Crippen LogP contribution in [0.25, 0.3) is 17.4 Å². The Bertz CT molecular complexity index is 1360. The summed E-state index contributed by atoms with van der Waals surface area (Å²) in [5.74, 6) is -0.830. The summed E-state index contributed by atoms with van der Waals surface area (Å²) in [6, 6.07) is 12.7. The van der Waals surface area contributed by atoms with Crippen LogP contribution in [-0.2, 0) is 11.0 Å². The lowest BCUT2D eigenvalue weighted by atomic mass is 9.93. The molecule has 0 unspecified atom stereocenters. The molecule has 6 nitrogen and oxygen atoms in total. The van der Waals surface area contributed by atoms with Crippen LogP contribution in [-0.4, -0.2) is 43.9 Å². The maximum absolute atomic E-state index is 13.2. The molecule has 0 aliphatic heterocycles. The summed E-state index contributed by atoms with van der Waals surface area (Å²) in [5, 5.41) is 5.55. The zero-order chi connectivity index (χ0) is 29.0.